The van der Waals surface area contributed by atoms with Gasteiger partial charge in [-0.25, -0.2) is 0 Å². The second-order valence-electron chi connectivity index (χ2n) is 7.16. The second kappa shape index (κ2) is 14.9. The van der Waals surface area contributed by atoms with Crippen LogP contribution in [0.25, 0.3) is 0 Å². The monoisotopic (exact) mass is 346 g/mol. The number of allylic oxidation sites excluding steroid dienone is 2. The average molecular weight is 347 g/mol. The Morgan fingerprint density at radius 3 is 1.84 bits per heavy atom. The molecule has 0 saturated carbocycles. The Labute approximate surface area is 155 Å². The lowest BCUT2D eigenvalue weighted by Crippen LogP contribution is -1.86. The third-order valence-electron chi connectivity index (χ3n) is 4.77. The maximum absolute atomic E-state index is 9.47. The Balaban J connectivity index is 1.87. The standard InChI is InChI=1S/C23H38O2/c1-2-3-4-5-6-7-8-9-10-11-12-13-14-15-16-17-21-18-19-22(24)23(25)20-21/h9-10,18-20,24-25H,2-8,11-17H2,1H3. The predicted molar refractivity (Wildman–Crippen MR) is 108 cm³/mol. The molecule has 0 aliphatic rings. The quantitative estimate of drug-likeness (QED) is 0.199. The van der Waals surface area contributed by atoms with Gasteiger partial charge in [0.2, 0.25) is 0 Å². The smallest absolute Gasteiger partial charge is 0.157 e. The number of aromatic hydroxyl groups is 2. The van der Waals surface area contributed by atoms with Crippen LogP contribution >= 0.6 is 0 Å². The minimum Gasteiger partial charge on any atom is -0.504 e. The Morgan fingerprint density at radius 2 is 1.24 bits per heavy atom. The van der Waals surface area contributed by atoms with Gasteiger partial charge in [0.1, 0.15) is 0 Å². The summed E-state index contributed by atoms with van der Waals surface area (Å²) in [5, 5.41) is 18.8. The summed E-state index contributed by atoms with van der Waals surface area (Å²) in [6.07, 6.45) is 22.8. The molecule has 0 aliphatic carbocycles. The van der Waals surface area contributed by atoms with E-state index in [4.69, 9.17) is 0 Å². The molecule has 1 aromatic carbocycles. The number of aryl methyl sites for hydroxylation is 1. The van der Waals surface area contributed by atoms with Crippen LogP contribution in [0.4, 0.5) is 0 Å². The van der Waals surface area contributed by atoms with Crippen LogP contribution in [0.3, 0.4) is 0 Å². The van der Waals surface area contributed by atoms with Crippen LogP contribution in [0, 0.1) is 0 Å². The van der Waals surface area contributed by atoms with Crippen LogP contribution < -0.4 is 0 Å². The van der Waals surface area contributed by atoms with Crippen LogP contribution in [0.5, 0.6) is 11.5 Å². The van der Waals surface area contributed by atoms with Gasteiger partial charge in [-0.05, 0) is 56.2 Å². The maximum atomic E-state index is 9.47. The van der Waals surface area contributed by atoms with Gasteiger partial charge >= 0.3 is 0 Å². The molecule has 0 heterocycles. The van der Waals surface area contributed by atoms with Gasteiger partial charge < -0.3 is 10.2 Å². The number of hydrogen-bond donors (Lipinski definition) is 2. The first-order valence-corrected chi connectivity index (χ1v) is 10.4. The zero-order valence-electron chi connectivity index (χ0n) is 16.2. The van der Waals surface area contributed by atoms with E-state index in [-0.39, 0.29) is 11.5 Å². The predicted octanol–water partition coefficient (Wildman–Crippen LogP) is 7.29. The molecular weight excluding hydrogens is 308 g/mol. The highest BCUT2D eigenvalue weighted by molar-refractivity contribution is 5.40. The number of benzene rings is 1. The third kappa shape index (κ3) is 11.7. The molecule has 0 aromatic heterocycles. The molecule has 2 nitrogen and oxygen atoms in total. The third-order valence-corrected chi connectivity index (χ3v) is 4.77. The zero-order chi connectivity index (χ0) is 18.2. The molecule has 0 aliphatic heterocycles. The number of phenolic OH excluding ortho intramolecular Hbond substituents is 2. The van der Waals surface area contributed by atoms with Crippen molar-refractivity contribution in [2.75, 3.05) is 0 Å². The maximum Gasteiger partial charge on any atom is 0.157 e. The number of hydrogen-bond acceptors (Lipinski definition) is 2. The molecule has 0 unspecified atom stereocenters. The summed E-state index contributed by atoms with van der Waals surface area (Å²) in [5.74, 6) is -0.0430. The van der Waals surface area contributed by atoms with Crippen molar-refractivity contribution in [1.29, 1.82) is 0 Å². The fraction of sp³-hybridized carbons (Fsp3) is 0.652. The van der Waals surface area contributed by atoms with Gasteiger partial charge in [-0.15, -0.1) is 0 Å². The van der Waals surface area contributed by atoms with E-state index >= 15 is 0 Å². The normalized spacial score (nSPS) is 11.4. The molecule has 2 heteroatoms. The fourth-order valence-corrected chi connectivity index (χ4v) is 3.12. The lowest BCUT2D eigenvalue weighted by molar-refractivity contribution is 0.403. The molecule has 0 amide bonds. The first kappa shape index (κ1) is 21.6. The molecule has 0 saturated heterocycles. The van der Waals surface area contributed by atoms with Gasteiger partial charge in [-0.3, -0.25) is 0 Å². The minimum absolute atomic E-state index is 0.00903. The lowest BCUT2D eigenvalue weighted by Gasteiger charge is -2.04. The Hall–Kier alpha value is -1.44. The molecule has 0 atom stereocenters. The highest BCUT2D eigenvalue weighted by Gasteiger charge is 2.00. The lowest BCUT2D eigenvalue weighted by atomic mass is 10.0. The first-order chi connectivity index (χ1) is 12.2. The van der Waals surface area contributed by atoms with Crippen LogP contribution in [0.2, 0.25) is 0 Å². The van der Waals surface area contributed by atoms with E-state index in [1.807, 2.05) is 6.07 Å². The van der Waals surface area contributed by atoms with Crippen LogP contribution in [0.15, 0.2) is 30.4 Å². The van der Waals surface area contributed by atoms with Crippen molar-refractivity contribution < 1.29 is 10.2 Å². The number of rotatable bonds is 15. The molecule has 0 bridgehead atoms. The summed E-state index contributed by atoms with van der Waals surface area (Å²) < 4.78 is 0. The average Bonchev–Trinajstić information content (AvgIpc) is 2.61. The molecular formula is C23H38O2. The van der Waals surface area contributed by atoms with E-state index in [9.17, 15) is 10.2 Å². The van der Waals surface area contributed by atoms with Crippen molar-refractivity contribution in [1.82, 2.24) is 0 Å². The molecule has 2 N–H and O–H groups in total. The number of unbranched alkanes of at least 4 members (excludes halogenated alkanes) is 11. The Morgan fingerprint density at radius 1 is 0.680 bits per heavy atom. The Bertz CT molecular complexity index is 465. The van der Waals surface area contributed by atoms with Crippen LogP contribution in [-0.4, -0.2) is 10.2 Å². The summed E-state index contributed by atoms with van der Waals surface area (Å²) in [5.41, 5.74) is 1.10. The van der Waals surface area contributed by atoms with Gasteiger partial charge in [-0.1, -0.05) is 76.5 Å². The van der Waals surface area contributed by atoms with Gasteiger partial charge in [-0.2, -0.15) is 0 Å². The van der Waals surface area contributed by atoms with E-state index in [0.717, 1.165) is 18.4 Å². The SMILES string of the molecule is CCCCCCCCC=CCCCCCCCc1ccc(O)c(O)c1. The fourth-order valence-electron chi connectivity index (χ4n) is 3.12. The molecule has 1 aromatic rings. The molecule has 25 heavy (non-hydrogen) atoms. The van der Waals surface area contributed by atoms with Crippen LogP contribution in [0.1, 0.15) is 96.0 Å². The van der Waals surface area contributed by atoms with E-state index in [0.29, 0.717) is 0 Å². The van der Waals surface area contributed by atoms with E-state index < -0.39 is 0 Å². The zero-order valence-corrected chi connectivity index (χ0v) is 16.2. The van der Waals surface area contributed by atoms with E-state index in [1.165, 1.54) is 77.0 Å². The van der Waals surface area contributed by atoms with Gasteiger partial charge in [0.05, 0.1) is 0 Å². The van der Waals surface area contributed by atoms with Gasteiger partial charge in [0.25, 0.3) is 0 Å². The summed E-state index contributed by atoms with van der Waals surface area (Å²) in [6.45, 7) is 2.27. The molecule has 0 radical (unpaired) electrons. The van der Waals surface area contributed by atoms with Crippen molar-refractivity contribution in [3.63, 3.8) is 0 Å². The van der Waals surface area contributed by atoms with Crippen molar-refractivity contribution in [2.24, 2.45) is 0 Å². The van der Waals surface area contributed by atoms with Gasteiger partial charge in [0.15, 0.2) is 11.5 Å². The van der Waals surface area contributed by atoms with E-state index in [2.05, 4.69) is 19.1 Å². The van der Waals surface area contributed by atoms with Crippen molar-refractivity contribution in [2.45, 2.75) is 96.8 Å². The molecule has 0 spiro atoms. The van der Waals surface area contributed by atoms with Crippen molar-refractivity contribution >= 4 is 0 Å². The Kier molecular flexibility index (Phi) is 12.8. The molecule has 142 valence electrons. The summed E-state index contributed by atoms with van der Waals surface area (Å²) in [6, 6.07) is 5.13. The topological polar surface area (TPSA) is 40.5 Å². The number of phenols is 2. The molecule has 1 rings (SSSR count). The highest BCUT2D eigenvalue weighted by Crippen LogP contribution is 2.25. The molecule has 0 fully saturated rings. The largest absolute Gasteiger partial charge is 0.504 e. The van der Waals surface area contributed by atoms with Crippen molar-refractivity contribution in [3.8, 4) is 11.5 Å². The minimum atomic E-state index is -0.0340. The summed E-state index contributed by atoms with van der Waals surface area (Å²) in [4.78, 5) is 0. The first-order valence-electron chi connectivity index (χ1n) is 10.4. The summed E-state index contributed by atoms with van der Waals surface area (Å²) in [7, 11) is 0. The summed E-state index contributed by atoms with van der Waals surface area (Å²) >= 11 is 0. The van der Waals surface area contributed by atoms with Gasteiger partial charge in [0, 0.05) is 0 Å². The highest BCUT2D eigenvalue weighted by atomic mass is 16.3. The van der Waals surface area contributed by atoms with Crippen molar-refractivity contribution in [3.05, 3.63) is 35.9 Å². The second-order valence-corrected chi connectivity index (χ2v) is 7.16. The van der Waals surface area contributed by atoms with E-state index in [1.54, 1.807) is 12.1 Å². The van der Waals surface area contributed by atoms with Crippen LogP contribution in [-0.2, 0) is 6.42 Å².